The van der Waals surface area contributed by atoms with Gasteiger partial charge >= 0.3 is 0 Å². The van der Waals surface area contributed by atoms with Crippen LogP contribution in [0.3, 0.4) is 0 Å². The van der Waals surface area contributed by atoms with Gasteiger partial charge in [-0.15, -0.1) is 0 Å². The Kier molecular flexibility index (Phi) is 5.39. The highest BCUT2D eigenvalue weighted by molar-refractivity contribution is 8.01. The van der Waals surface area contributed by atoms with E-state index in [-0.39, 0.29) is 0 Å². The average molecular weight is 184 g/mol. The molecule has 0 amide bonds. The van der Waals surface area contributed by atoms with Gasteiger partial charge in [-0.3, -0.25) is 0 Å². The third-order valence-electron chi connectivity index (χ3n) is 1.69. The summed E-state index contributed by atoms with van der Waals surface area (Å²) in [5.74, 6) is 0.662. The van der Waals surface area contributed by atoms with Crippen molar-refractivity contribution < 1.29 is 0 Å². The van der Waals surface area contributed by atoms with Gasteiger partial charge in [-0.2, -0.15) is 11.8 Å². The minimum absolute atomic E-state index is 0.383. The van der Waals surface area contributed by atoms with Gasteiger partial charge in [0.1, 0.15) is 0 Å². The first-order valence-corrected chi connectivity index (χ1v) is 5.61. The Morgan fingerprint density at radius 2 is 1.75 bits per heavy atom. The van der Waals surface area contributed by atoms with Crippen LogP contribution in [0.1, 0.15) is 41.0 Å². The molecule has 2 heteroatoms. The van der Waals surface area contributed by atoms with Crippen LogP contribution in [0.25, 0.3) is 0 Å². The van der Waals surface area contributed by atoms with Gasteiger partial charge < -0.3 is 0 Å². The van der Waals surface area contributed by atoms with Crippen LogP contribution in [0, 0.1) is 5.92 Å². The molecule has 12 heavy (non-hydrogen) atoms. The molecule has 0 fully saturated rings. The molecular formula is C10H21BS. The molecule has 0 aliphatic carbocycles. The Labute approximate surface area is 83.3 Å². The van der Waals surface area contributed by atoms with E-state index in [9.17, 15) is 0 Å². The third-order valence-corrected chi connectivity index (χ3v) is 2.99. The van der Waals surface area contributed by atoms with E-state index in [2.05, 4.69) is 34.6 Å². The zero-order valence-electron chi connectivity index (χ0n) is 9.05. The van der Waals surface area contributed by atoms with E-state index >= 15 is 0 Å². The number of hydrogen-bond donors (Lipinski definition) is 0. The fourth-order valence-corrected chi connectivity index (χ4v) is 2.95. The Bertz CT molecular complexity index is 117. The van der Waals surface area contributed by atoms with Crippen molar-refractivity contribution in [2.45, 2.75) is 57.4 Å². The lowest BCUT2D eigenvalue weighted by atomic mass is 9.89. The molecule has 0 N–H and O–H groups in total. The quantitative estimate of drug-likeness (QED) is 0.602. The maximum atomic E-state index is 5.57. The minimum Gasteiger partial charge on any atom is -0.153 e. The largest absolute Gasteiger partial charge is 0.153 e. The van der Waals surface area contributed by atoms with Crippen LogP contribution in [-0.2, 0) is 0 Å². The summed E-state index contributed by atoms with van der Waals surface area (Å²) in [4.78, 5) is 0. The molecule has 0 saturated carbocycles. The lowest BCUT2D eigenvalue weighted by Crippen LogP contribution is -2.15. The summed E-state index contributed by atoms with van der Waals surface area (Å²) < 4.78 is 0.383. The van der Waals surface area contributed by atoms with Gasteiger partial charge in [0.05, 0.1) is 7.85 Å². The minimum atomic E-state index is 0.383. The summed E-state index contributed by atoms with van der Waals surface area (Å²) in [6, 6.07) is 0. The zero-order chi connectivity index (χ0) is 9.78. The predicted molar refractivity (Wildman–Crippen MR) is 61.1 cm³/mol. The van der Waals surface area contributed by atoms with Crippen molar-refractivity contribution in [2.75, 3.05) is 0 Å². The average Bonchev–Trinajstić information content (AvgIpc) is 1.82. The molecule has 2 unspecified atom stereocenters. The van der Waals surface area contributed by atoms with Crippen molar-refractivity contribution in [3.05, 3.63) is 0 Å². The van der Waals surface area contributed by atoms with Gasteiger partial charge in [-0.1, -0.05) is 46.9 Å². The molecule has 70 valence electrons. The second-order valence-electron chi connectivity index (χ2n) is 4.62. The maximum Gasteiger partial charge on any atom is 0.0656 e. The standard InChI is InChI=1S/C10H21BS/c1-8(7-11)6-9(2)12-10(3,4)5/h8-9H,6-7H2,1-5H3. The lowest BCUT2D eigenvalue weighted by Gasteiger charge is -2.24. The third kappa shape index (κ3) is 7.09. The SMILES string of the molecule is [B]CC(C)CC(C)SC(C)(C)C. The predicted octanol–water partition coefficient (Wildman–Crippen LogP) is 3.52. The van der Waals surface area contributed by atoms with Crippen LogP contribution >= 0.6 is 11.8 Å². The summed E-state index contributed by atoms with van der Waals surface area (Å²) >= 11 is 2.04. The first kappa shape index (κ1) is 12.4. The zero-order valence-corrected chi connectivity index (χ0v) is 9.87. The van der Waals surface area contributed by atoms with E-state index in [1.807, 2.05) is 11.8 Å². The molecule has 2 radical (unpaired) electrons. The molecule has 0 bridgehead atoms. The fourth-order valence-electron chi connectivity index (χ4n) is 1.31. The van der Waals surface area contributed by atoms with E-state index in [0.717, 1.165) is 11.6 Å². The molecule has 0 aromatic heterocycles. The first-order chi connectivity index (χ1) is 5.35. The van der Waals surface area contributed by atoms with Crippen LogP contribution in [-0.4, -0.2) is 17.8 Å². The molecule has 0 aliphatic heterocycles. The highest BCUT2D eigenvalue weighted by Crippen LogP contribution is 2.31. The van der Waals surface area contributed by atoms with E-state index in [4.69, 9.17) is 7.85 Å². The van der Waals surface area contributed by atoms with Gasteiger partial charge in [0, 0.05) is 10.00 Å². The first-order valence-electron chi connectivity index (χ1n) is 4.73. The molecule has 0 nitrogen and oxygen atoms in total. The van der Waals surface area contributed by atoms with E-state index in [0.29, 0.717) is 10.7 Å². The van der Waals surface area contributed by atoms with Gasteiger partial charge in [-0.25, -0.2) is 0 Å². The molecule has 0 rings (SSSR count). The summed E-state index contributed by atoms with van der Waals surface area (Å²) in [6.07, 6.45) is 2.05. The van der Waals surface area contributed by atoms with Crippen LogP contribution in [0.2, 0.25) is 6.32 Å². The molecular weight excluding hydrogens is 163 g/mol. The van der Waals surface area contributed by atoms with E-state index < -0.39 is 0 Å². The smallest absolute Gasteiger partial charge is 0.0656 e. The van der Waals surface area contributed by atoms with Crippen molar-refractivity contribution in [2.24, 2.45) is 5.92 Å². The Hall–Kier alpha value is 0.415. The van der Waals surface area contributed by atoms with Crippen molar-refractivity contribution in [1.82, 2.24) is 0 Å². The van der Waals surface area contributed by atoms with Crippen LogP contribution in [0.5, 0.6) is 0 Å². The van der Waals surface area contributed by atoms with Crippen LogP contribution in [0.15, 0.2) is 0 Å². The fraction of sp³-hybridized carbons (Fsp3) is 1.00. The number of thioether (sulfide) groups is 1. The summed E-state index contributed by atoms with van der Waals surface area (Å²) in [7, 11) is 5.57. The topological polar surface area (TPSA) is 0 Å². The molecule has 0 aromatic carbocycles. The van der Waals surface area contributed by atoms with Crippen molar-refractivity contribution >= 4 is 19.6 Å². The molecule has 0 saturated heterocycles. The van der Waals surface area contributed by atoms with Gasteiger partial charge in [0.25, 0.3) is 0 Å². The Balaban J connectivity index is 3.66. The van der Waals surface area contributed by atoms with Crippen LogP contribution in [0.4, 0.5) is 0 Å². The Morgan fingerprint density at radius 1 is 1.25 bits per heavy atom. The highest BCUT2D eigenvalue weighted by atomic mass is 32.2. The summed E-state index contributed by atoms with van der Waals surface area (Å²) in [5.41, 5.74) is 0. The molecule has 2 atom stereocenters. The van der Waals surface area contributed by atoms with Gasteiger partial charge in [-0.05, 0) is 6.42 Å². The summed E-state index contributed by atoms with van der Waals surface area (Å²) in [6.45, 7) is 11.3. The molecule has 0 heterocycles. The normalized spacial score (nSPS) is 17.4. The van der Waals surface area contributed by atoms with E-state index in [1.165, 1.54) is 6.42 Å². The van der Waals surface area contributed by atoms with Crippen LogP contribution < -0.4 is 0 Å². The molecule has 0 spiro atoms. The number of rotatable bonds is 4. The molecule has 0 aliphatic rings. The Morgan fingerprint density at radius 3 is 2.08 bits per heavy atom. The van der Waals surface area contributed by atoms with E-state index in [1.54, 1.807) is 0 Å². The van der Waals surface area contributed by atoms with Crippen molar-refractivity contribution in [3.63, 3.8) is 0 Å². The number of hydrogen-bond acceptors (Lipinski definition) is 1. The maximum absolute atomic E-state index is 5.57. The van der Waals surface area contributed by atoms with Crippen molar-refractivity contribution in [1.29, 1.82) is 0 Å². The van der Waals surface area contributed by atoms with Gasteiger partial charge in [0.2, 0.25) is 0 Å². The molecule has 0 aromatic rings. The van der Waals surface area contributed by atoms with Gasteiger partial charge in [0.15, 0.2) is 0 Å². The second-order valence-corrected chi connectivity index (χ2v) is 6.88. The van der Waals surface area contributed by atoms with Crippen molar-refractivity contribution in [3.8, 4) is 0 Å². The lowest BCUT2D eigenvalue weighted by molar-refractivity contribution is 0.581. The summed E-state index contributed by atoms with van der Waals surface area (Å²) in [5, 5.41) is 0.726. The monoisotopic (exact) mass is 184 g/mol. The highest BCUT2D eigenvalue weighted by Gasteiger charge is 2.16. The second kappa shape index (κ2) is 5.21.